The molecule has 0 aromatic rings. The first-order valence-corrected chi connectivity index (χ1v) is 8.46. The zero-order valence-corrected chi connectivity index (χ0v) is 14.0. The predicted octanol–water partition coefficient (Wildman–Crippen LogP) is 0.654. The molecule has 0 aromatic heterocycles. The molecule has 5 nitrogen and oxygen atoms in total. The first-order valence-electron chi connectivity index (χ1n) is 8.46. The molecule has 0 radical (unpaired) electrons. The van der Waals surface area contributed by atoms with Crippen molar-refractivity contribution in [1.82, 2.24) is 15.1 Å². The van der Waals surface area contributed by atoms with Crippen LogP contribution in [0.5, 0.6) is 0 Å². The van der Waals surface area contributed by atoms with Crippen molar-refractivity contribution < 1.29 is 9.47 Å². The summed E-state index contributed by atoms with van der Waals surface area (Å²) in [5, 5.41) is 3.59. The van der Waals surface area contributed by atoms with Crippen LogP contribution in [0.1, 0.15) is 20.3 Å². The lowest BCUT2D eigenvalue weighted by Gasteiger charge is -2.33. The van der Waals surface area contributed by atoms with Gasteiger partial charge in [0.05, 0.1) is 19.8 Å². The van der Waals surface area contributed by atoms with Gasteiger partial charge in [0.2, 0.25) is 0 Å². The molecular formula is C16H33N3O2. The van der Waals surface area contributed by atoms with Gasteiger partial charge >= 0.3 is 0 Å². The first kappa shape index (κ1) is 17.2. The van der Waals surface area contributed by atoms with Gasteiger partial charge in [-0.2, -0.15) is 0 Å². The Morgan fingerprint density at radius 2 is 1.95 bits per heavy atom. The Balaban J connectivity index is 1.77. The molecule has 1 N–H and O–H groups in total. The van der Waals surface area contributed by atoms with E-state index in [1.54, 1.807) is 0 Å². The summed E-state index contributed by atoms with van der Waals surface area (Å²) in [5.41, 5.74) is 0. The topological polar surface area (TPSA) is 37.0 Å². The Morgan fingerprint density at radius 1 is 1.19 bits per heavy atom. The summed E-state index contributed by atoms with van der Waals surface area (Å²) in [4.78, 5) is 5.21. The van der Waals surface area contributed by atoms with Crippen molar-refractivity contribution >= 4 is 0 Å². The third kappa shape index (κ3) is 5.49. The summed E-state index contributed by atoms with van der Waals surface area (Å²) >= 11 is 0. The molecular weight excluding hydrogens is 266 g/mol. The molecule has 2 heterocycles. The van der Waals surface area contributed by atoms with Crippen molar-refractivity contribution in [3.63, 3.8) is 0 Å². The zero-order chi connectivity index (χ0) is 15.1. The lowest BCUT2D eigenvalue weighted by Crippen LogP contribution is -2.48. The van der Waals surface area contributed by atoms with Crippen LogP contribution in [0.3, 0.4) is 0 Å². The van der Waals surface area contributed by atoms with E-state index in [0.717, 1.165) is 46.0 Å². The van der Waals surface area contributed by atoms with Crippen LogP contribution in [-0.4, -0.2) is 88.1 Å². The van der Waals surface area contributed by atoms with E-state index in [-0.39, 0.29) is 0 Å². The van der Waals surface area contributed by atoms with Crippen LogP contribution >= 0.6 is 0 Å². The van der Waals surface area contributed by atoms with E-state index in [0.29, 0.717) is 18.0 Å². The highest BCUT2D eigenvalue weighted by Crippen LogP contribution is 2.19. The monoisotopic (exact) mass is 299 g/mol. The van der Waals surface area contributed by atoms with E-state index >= 15 is 0 Å². The molecule has 0 spiro atoms. The fourth-order valence-electron chi connectivity index (χ4n) is 3.36. The third-order valence-corrected chi connectivity index (χ3v) is 4.56. The Bertz CT molecular complexity index is 283. The number of nitrogens with one attached hydrogen (secondary N) is 1. The van der Waals surface area contributed by atoms with E-state index in [1.165, 1.54) is 19.5 Å². The minimum absolute atomic E-state index is 0.500. The molecule has 0 saturated carbocycles. The second-order valence-electron chi connectivity index (χ2n) is 6.75. The molecule has 0 bridgehead atoms. The van der Waals surface area contributed by atoms with Crippen LogP contribution in [0.25, 0.3) is 0 Å². The molecule has 21 heavy (non-hydrogen) atoms. The van der Waals surface area contributed by atoms with Crippen molar-refractivity contribution in [3.05, 3.63) is 0 Å². The summed E-state index contributed by atoms with van der Waals surface area (Å²) in [6.07, 6.45) is 1.28. The van der Waals surface area contributed by atoms with Crippen molar-refractivity contribution in [2.75, 3.05) is 66.2 Å². The number of rotatable bonds is 8. The molecule has 0 aliphatic carbocycles. The highest BCUT2D eigenvalue weighted by Gasteiger charge is 2.32. The van der Waals surface area contributed by atoms with Gasteiger partial charge in [-0.3, -0.25) is 9.80 Å². The average molecular weight is 299 g/mol. The molecule has 2 rings (SSSR count). The second-order valence-corrected chi connectivity index (χ2v) is 6.75. The molecule has 0 amide bonds. The van der Waals surface area contributed by atoms with Crippen LogP contribution < -0.4 is 5.32 Å². The SMILES string of the molecule is COCC(CNCC(C)C)N1CCC(N2CCOCC2)C1. The highest BCUT2D eigenvalue weighted by molar-refractivity contribution is 4.88. The van der Waals surface area contributed by atoms with Gasteiger partial charge in [0.1, 0.15) is 0 Å². The summed E-state index contributed by atoms with van der Waals surface area (Å²) < 4.78 is 10.9. The summed E-state index contributed by atoms with van der Waals surface area (Å²) in [6, 6.07) is 1.21. The number of methoxy groups -OCH3 is 1. The smallest absolute Gasteiger partial charge is 0.0630 e. The van der Waals surface area contributed by atoms with Gasteiger partial charge in [0.25, 0.3) is 0 Å². The van der Waals surface area contributed by atoms with Gasteiger partial charge in [-0.15, -0.1) is 0 Å². The second kappa shape index (κ2) is 9.06. The Hall–Kier alpha value is -0.200. The number of nitrogens with zero attached hydrogens (tertiary/aromatic N) is 2. The van der Waals surface area contributed by atoms with Gasteiger partial charge in [-0.05, 0) is 18.9 Å². The molecule has 5 heteroatoms. The van der Waals surface area contributed by atoms with Crippen molar-refractivity contribution in [1.29, 1.82) is 0 Å². The highest BCUT2D eigenvalue weighted by atomic mass is 16.5. The summed E-state index contributed by atoms with van der Waals surface area (Å²) in [7, 11) is 1.81. The molecule has 2 aliphatic rings. The Labute approximate surface area is 129 Å². The van der Waals surface area contributed by atoms with Crippen molar-refractivity contribution in [2.24, 2.45) is 5.92 Å². The Morgan fingerprint density at radius 3 is 2.62 bits per heavy atom. The maximum absolute atomic E-state index is 5.46. The summed E-state index contributed by atoms with van der Waals surface area (Å²) in [5.74, 6) is 0.702. The average Bonchev–Trinajstić information content (AvgIpc) is 2.97. The van der Waals surface area contributed by atoms with E-state index in [2.05, 4.69) is 29.0 Å². The Kier molecular flexibility index (Phi) is 7.40. The van der Waals surface area contributed by atoms with Crippen molar-refractivity contribution in [3.8, 4) is 0 Å². The van der Waals surface area contributed by atoms with E-state index < -0.39 is 0 Å². The van der Waals surface area contributed by atoms with Gasteiger partial charge in [-0.25, -0.2) is 0 Å². The van der Waals surface area contributed by atoms with E-state index in [4.69, 9.17) is 9.47 Å². The summed E-state index contributed by atoms with van der Waals surface area (Å²) in [6.45, 7) is 13.8. The molecule has 2 atom stereocenters. The number of morpholine rings is 1. The van der Waals surface area contributed by atoms with Crippen molar-refractivity contribution in [2.45, 2.75) is 32.4 Å². The van der Waals surface area contributed by atoms with Gasteiger partial charge in [-0.1, -0.05) is 13.8 Å². The minimum atomic E-state index is 0.500. The minimum Gasteiger partial charge on any atom is -0.383 e. The normalized spacial score (nSPS) is 26.6. The standard InChI is InChI=1S/C16H33N3O2/c1-14(2)10-17-11-16(13-20-3)19-5-4-15(12-19)18-6-8-21-9-7-18/h14-17H,4-13H2,1-3H3. The molecule has 2 unspecified atom stereocenters. The lowest BCUT2D eigenvalue weighted by molar-refractivity contribution is 0.0161. The molecule has 124 valence electrons. The maximum atomic E-state index is 5.46. The predicted molar refractivity (Wildman–Crippen MR) is 85.7 cm³/mol. The number of ether oxygens (including phenoxy) is 2. The third-order valence-electron chi connectivity index (χ3n) is 4.56. The number of hydrogen-bond donors (Lipinski definition) is 1. The molecule has 2 fully saturated rings. The molecule has 2 saturated heterocycles. The quantitative estimate of drug-likeness (QED) is 0.712. The first-order chi connectivity index (χ1) is 10.2. The van der Waals surface area contributed by atoms with Crippen LogP contribution in [-0.2, 0) is 9.47 Å². The van der Waals surface area contributed by atoms with E-state index in [1.807, 2.05) is 7.11 Å². The number of hydrogen-bond acceptors (Lipinski definition) is 5. The van der Waals surface area contributed by atoms with Crippen LogP contribution in [0.15, 0.2) is 0 Å². The zero-order valence-electron chi connectivity index (χ0n) is 14.0. The van der Waals surface area contributed by atoms with Crippen LogP contribution in [0, 0.1) is 5.92 Å². The number of likely N-dealkylation sites (tertiary alicyclic amines) is 1. The van der Waals surface area contributed by atoms with E-state index in [9.17, 15) is 0 Å². The fraction of sp³-hybridized carbons (Fsp3) is 1.00. The molecule has 2 aliphatic heterocycles. The van der Waals surface area contributed by atoms with Gasteiger partial charge in [0.15, 0.2) is 0 Å². The maximum Gasteiger partial charge on any atom is 0.0630 e. The largest absolute Gasteiger partial charge is 0.383 e. The van der Waals surface area contributed by atoms with Gasteiger partial charge in [0, 0.05) is 51.9 Å². The van der Waals surface area contributed by atoms with Gasteiger partial charge < -0.3 is 14.8 Å². The van der Waals surface area contributed by atoms with Crippen LogP contribution in [0.2, 0.25) is 0 Å². The molecule has 0 aromatic carbocycles. The lowest BCUT2D eigenvalue weighted by atomic mass is 10.2. The fourth-order valence-corrected chi connectivity index (χ4v) is 3.36. The van der Waals surface area contributed by atoms with Crippen LogP contribution in [0.4, 0.5) is 0 Å².